The summed E-state index contributed by atoms with van der Waals surface area (Å²) in [5, 5.41) is 7.45. The summed E-state index contributed by atoms with van der Waals surface area (Å²) in [6, 6.07) is 24.2. The van der Waals surface area contributed by atoms with Crippen LogP contribution in [0.3, 0.4) is 0 Å². The van der Waals surface area contributed by atoms with Crippen LogP contribution in [-0.4, -0.2) is 49.3 Å². The number of carbonyl (C=O) groups excluding carboxylic acids is 3. The highest BCUT2D eigenvalue weighted by Gasteiger charge is 2.33. The lowest BCUT2D eigenvalue weighted by Gasteiger charge is -2.32. The number of anilines is 2. The molecule has 0 unspecified atom stereocenters. The van der Waals surface area contributed by atoms with Gasteiger partial charge in [0, 0.05) is 42.7 Å². The summed E-state index contributed by atoms with van der Waals surface area (Å²) < 4.78 is 5.61. The van der Waals surface area contributed by atoms with E-state index in [0.29, 0.717) is 24.0 Å². The van der Waals surface area contributed by atoms with Crippen molar-refractivity contribution in [3.05, 3.63) is 72.8 Å². The maximum absolute atomic E-state index is 12.9. The number of hydrogen-bond donors (Lipinski definition) is 1. The van der Waals surface area contributed by atoms with Gasteiger partial charge >= 0.3 is 6.09 Å². The number of rotatable bonds is 4. The molecule has 2 aliphatic rings. The van der Waals surface area contributed by atoms with Crippen molar-refractivity contribution in [2.24, 2.45) is 0 Å². The van der Waals surface area contributed by atoms with Crippen LogP contribution >= 0.6 is 0 Å². The molecule has 3 amide bonds. The lowest BCUT2D eigenvalue weighted by molar-refractivity contribution is -0.170. The zero-order valence-electron chi connectivity index (χ0n) is 20.1. The Labute approximate surface area is 213 Å². The minimum absolute atomic E-state index is 0.0340. The fraction of sp³-hybridized carbons (Fsp3) is 0.207. The number of morpholine rings is 1. The van der Waals surface area contributed by atoms with Gasteiger partial charge in [0.2, 0.25) is 0 Å². The maximum atomic E-state index is 12.9. The second-order valence-corrected chi connectivity index (χ2v) is 9.08. The van der Waals surface area contributed by atoms with E-state index in [9.17, 15) is 14.4 Å². The molecule has 2 heterocycles. The number of fused-ring (bicyclic) bond motifs is 2. The lowest BCUT2D eigenvalue weighted by atomic mass is 9.90. The summed E-state index contributed by atoms with van der Waals surface area (Å²) in [6.07, 6.45) is -0.827. The smallest absolute Gasteiger partial charge is 0.378 e. The number of imide groups is 1. The molecule has 0 atom stereocenters. The van der Waals surface area contributed by atoms with E-state index in [1.54, 1.807) is 0 Å². The standard InChI is InChI=1S/C29H25N3O5/c33-25-13-14-26(34)32(25)37-29(35)30-23-11-9-19-5-1-3-7-21(19)27(23)28-22-8-4-2-6-20(22)10-12-24(28)31-15-17-36-18-16-31/h1-12H,13-18H2,(H,30,35). The van der Waals surface area contributed by atoms with Crippen LogP contribution in [0.4, 0.5) is 16.2 Å². The molecule has 0 bridgehead atoms. The van der Waals surface area contributed by atoms with Gasteiger partial charge in [0.25, 0.3) is 11.8 Å². The molecule has 0 aliphatic carbocycles. The second kappa shape index (κ2) is 9.55. The molecule has 2 fully saturated rings. The van der Waals surface area contributed by atoms with Gasteiger partial charge in [0.1, 0.15) is 0 Å². The maximum Gasteiger partial charge on any atom is 0.436 e. The minimum Gasteiger partial charge on any atom is -0.378 e. The molecule has 2 aliphatic heterocycles. The van der Waals surface area contributed by atoms with Crippen LogP contribution < -0.4 is 10.2 Å². The van der Waals surface area contributed by atoms with Gasteiger partial charge in [0.05, 0.1) is 18.9 Å². The van der Waals surface area contributed by atoms with E-state index in [2.05, 4.69) is 34.5 Å². The fourth-order valence-corrected chi connectivity index (χ4v) is 5.11. The largest absolute Gasteiger partial charge is 0.436 e. The minimum atomic E-state index is -0.895. The summed E-state index contributed by atoms with van der Waals surface area (Å²) in [7, 11) is 0. The van der Waals surface area contributed by atoms with Crippen molar-refractivity contribution in [3.63, 3.8) is 0 Å². The number of amides is 3. The molecule has 6 rings (SSSR count). The zero-order chi connectivity index (χ0) is 25.4. The van der Waals surface area contributed by atoms with Gasteiger partial charge in [-0.1, -0.05) is 60.7 Å². The van der Waals surface area contributed by atoms with E-state index in [4.69, 9.17) is 9.57 Å². The molecule has 0 spiro atoms. The van der Waals surface area contributed by atoms with E-state index in [-0.39, 0.29) is 12.8 Å². The van der Waals surface area contributed by atoms with Gasteiger partial charge < -0.3 is 14.5 Å². The summed E-state index contributed by atoms with van der Waals surface area (Å²) in [4.78, 5) is 44.3. The van der Waals surface area contributed by atoms with Crippen LogP contribution in [0, 0.1) is 0 Å². The van der Waals surface area contributed by atoms with Crippen LogP contribution in [0.25, 0.3) is 32.7 Å². The van der Waals surface area contributed by atoms with Crippen molar-refractivity contribution in [1.29, 1.82) is 0 Å². The van der Waals surface area contributed by atoms with E-state index >= 15 is 0 Å². The zero-order valence-corrected chi connectivity index (χ0v) is 20.1. The first-order valence-corrected chi connectivity index (χ1v) is 12.3. The lowest BCUT2D eigenvalue weighted by Crippen LogP contribution is -2.36. The Hall–Kier alpha value is -4.43. The summed E-state index contributed by atoms with van der Waals surface area (Å²) in [6.45, 7) is 2.77. The predicted octanol–water partition coefficient (Wildman–Crippen LogP) is 5.11. The van der Waals surface area contributed by atoms with Crippen LogP contribution in [-0.2, 0) is 19.2 Å². The van der Waals surface area contributed by atoms with Crippen molar-refractivity contribution < 1.29 is 24.0 Å². The Morgan fingerprint density at radius 1 is 0.757 bits per heavy atom. The van der Waals surface area contributed by atoms with Gasteiger partial charge in [-0.25, -0.2) is 4.79 Å². The number of hydrogen-bond acceptors (Lipinski definition) is 6. The molecule has 37 heavy (non-hydrogen) atoms. The van der Waals surface area contributed by atoms with Crippen molar-refractivity contribution >= 4 is 50.8 Å². The highest BCUT2D eigenvalue weighted by Crippen LogP contribution is 2.45. The molecule has 0 saturated carbocycles. The summed E-state index contributed by atoms with van der Waals surface area (Å²) in [5.41, 5.74) is 3.39. The third-order valence-corrected chi connectivity index (χ3v) is 6.85. The molecule has 4 aromatic carbocycles. The third kappa shape index (κ3) is 4.25. The van der Waals surface area contributed by atoms with Gasteiger partial charge in [0.15, 0.2) is 0 Å². The molecule has 2 saturated heterocycles. The first kappa shape index (κ1) is 23.0. The number of hydroxylamine groups is 2. The third-order valence-electron chi connectivity index (χ3n) is 6.85. The van der Waals surface area contributed by atoms with Gasteiger partial charge in [-0.2, -0.15) is 0 Å². The summed E-state index contributed by atoms with van der Waals surface area (Å²) in [5.74, 6) is -1.05. The fourth-order valence-electron chi connectivity index (χ4n) is 5.11. The van der Waals surface area contributed by atoms with E-state index in [0.717, 1.165) is 51.4 Å². The Kier molecular flexibility index (Phi) is 5.94. The molecule has 8 heteroatoms. The molecule has 8 nitrogen and oxygen atoms in total. The van der Waals surface area contributed by atoms with Crippen molar-refractivity contribution in [3.8, 4) is 11.1 Å². The van der Waals surface area contributed by atoms with E-state index < -0.39 is 17.9 Å². The Balaban J connectivity index is 1.53. The monoisotopic (exact) mass is 495 g/mol. The number of nitrogens with one attached hydrogen (secondary N) is 1. The highest BCUT2D eigenvalue weighted by molar-refractivity contribution is 6.15. The number of carbonyl (C=O) groups is 3. The Morgan fingerprint density at radius 3 is 2.03 bits per heavy atom. The van der Waals surface area contributed by atoms with Crippen molar-refractivity contribution in [1.82, 2.24) is 5.06 Å². The molecule has 1 N–H and O–H groups in total. The van der Waals surface area contributed by atoms with Crippen LogP contribution in [0.1, 0.15) is 12.8 Å². The van der Waals surface area contributed by atoms with Crippen LogP contribution in [0.15, 0.2) is 72.8 Å². The normalized spacial score (nSPS) is 16.0. The quantitative estimate of drug-likeness (QED) is 0.396. The van der Waals surface area contributed by atoms with E-state index in [1.807, 2.05) is 48.5 Å². The predicted molar refractivity (Wildman–Crippen MR) is 141 cm³/mol. The van der Waals surface area contributed by atoms with Crippen molar-refractivity contribution in [2.75, 3.05) is 36.5 Å². The highest BCUT2D eigenvalue weighted by atomic mass is 16.7. The average Bonchev–Trinajstić information content (AvgIpc) is 3.25. The number of ether oxygens (including phenoxy) is 1. The molecule has 0 radical (unpaired) electrons. The summed E-state index contributed by atoms with van der Waals surface area (Å²) >= 11 is 0. The first-order chi connectivity index (χ1) is 18.1. The molecule has 0 aromatic heterocycles. The Morgan fingerprint density at radius 2 is 1.35 bits per heavy atom. The number of nitrogens with zero attached hydrogens (tertiary/aromatic N) is 2. The molecular weight excluding hydrogens is 470 g/mol. The van der Waals surface area contributed by atoms with Gasteiger partial charge in [-0.3, -0.25) is 14.9 Å². The van der Waals surface area contributed by atoms with Crippen molar-refractivity contribution in [2.45, 2.75) is 12.8 Å². The van der Waals surface area contributed by atoms with Crippen LogP contribution in [0.5, 0.6) is 0 Å². The molecule has 4 aromatic rings. The average molecular weight is 496 g/mol. The second-order valence-electron chi connectivity index (χ2n) is 9.08. The number of benzene rings is 4. The Bertz CT molecular complexity index is 1530. The molecule has 186 valence electrons. The van der Waals surface area contributed by atoms with Gasteiger partial charge in [-0.05, 0) is 33.7 Å². The molecular formula is C29H25N3O5. The SMILES string of the molecule is O=C(Nc1ccc2ccccc2c1-c1c(N2CCOCC2)ccc2ccccc12)ON1C(=O)CCC1=O. The topological polar surface area (TPSA) is 88.2 Å². The van der Waals surface area contributed by atoms with Crippen LogP contribution in [0.2, 0.25) is 0 Å². The van der Waals surface area contributed by atoms with E-state index in [1.165, 1.54) is 0 Å². The first-order valence-electron chi connectivity index (χ1n) is 12.3. The van der Waals surface area contributed by atoms with Gasteiger partial charge in [-0.15, -0.1) is 5.06 Å².